The highest BCUT2D eigenvalue weighted by atomic mass is 16.2. The molecule has 24 heavy (non-hydrogen) atoms. The number of carbonyl (C=O) groups is 2. The molecule has 1 fully saturated rings. The highest BCUT2D eigenvalue weighted by Crippen LogP contribution is 2.39. The Kier molecular flexibility index (Phi) is 4.60. The first-order chi connectivity index (χ1) is 11.5. The van der Waals surface area contributed by atoms with Gasteiger partial charge in [0.25, 0.3) is 0 Å². The zero-order chi connectivity index (χ0) is 17.1. The standard InChI is InChI=1S/C19H21N3O2/c1-12-6-7-17(13(2)9-12)22-19(24)16-10-15(16)18(23)21-11-14-5-3-4-8-20-14/h3-9,15-16H,10-11H2,1-2H3,(H,21,23)(H,22,24). The molecule has 0 aliphatic heterocycles. The highest BCUT2D eigenvalue weighted by molar-refractivity contribution is 5.99. The monoisotopic (exact) mass is 323 g/mol. The fourth-order valence-electron chi connectivity index (χ4n) is 2.77. The number of amides is 2. The molecule has 2 atom stereocenters. The van der Waals surface area contributed by atoms with Gasteiger partial charge in [-0.15, -0.1) is 0 Å². The summed E-state index contributed by atoms with van der Waals surface area (Å²) in [6.45, 7) is 4.37. The van der Waals surface area contributed by atoms with Crippen LogP contribution in [0, 0.1) is 25.7 Å². The van der Waals surface area contributed by atoms with Gasteiger partial charge in [0.1, 0.15) is 0 Å². The molecule has 5 heteroatoms. The van der Waals surface area contributed by atoms with Crippen LogP contribution in [0.5, 0.6) is 0 Å². The van der Waals surface area contributed by atoms with Crippen molar-refractivity contribution in [3.05, 3.63) is 59.4 Å². The average Bonchev–Trinajstić information content (AvgIpc) is 3.37. The zero-order valence-electron chi connectivity index (χ0n) is 13.9. The maximum Gasteiger partial charge on any atom is 0.228 e. The van der Waals surface area contributed by atoms with Gasteiger partial charge in [-0.3, -0.25) is 14.6 Å². The quantitative estimate of drug-likeness (QED) is 0.888. The van der Waals surface area contributed by atoms with Crippen LogP contribution >= 0.6 is 0 Å². The zero-order valence-corrected chi connectivity index (χ0v) is 13.9. The van der Waals surface area contributed by atoms with Crippen LogP contribution in [0.1, 0.15) is 23.2 Å². The Balaban J connectivity index is 1.51. The molecule has 2 aromatic rings. The molecule has 1 aromatic heterocycles. The van der Waals surface area contributed by atoms with Crippen LogP contribution in [0.25, 0.3) is 0 Å². The molecule has 1 saturated carbocycles. The lowest BCUT2D eigenvalue weighted by Gasteiger charge is -2.09. The van der Waals surface area contributed by atoms with Gasteiger partial charge in [0.15, 0.2) is 0 Å². The van der Waals surface area contributed by atoms with Gasteiger partial charge in [-0.05, 0) is 44.0 Å². The first-order valence-electron chi connectivity index (χ1n) is 8.10. The number of benzene rings is 1. The fraction of sp³-hybridized carbons (Fsp3) is 0.316. The Bertz CT molecular complexity index is 758. The molecular formula is C19H21N3O2. The molecule has 2 N–H and O–H groups in total. The normalized spacial score (nSPS) is 18.8. The largest absolute Gasteiger partial charge is 0.350 e. The lowest BCUT2D eigenvalue weighted by atomic mass is 10.1. The van der Waals surface area contributed by atoms with E-state index in [1.165, 1.54) is 0 Å². The maximum atomic E-state index is 12.3. The molecule has 5 nitrogen and oxygen atoms in total. The van der Waals surface area contributed by atoms with E-state index in [0.717, 1.165) is 22.5 Å². The number of carbonyl (C=O) groups excluding carboxylic acids is 2. The topological polar surface area (TPSA) is 71.1 Å². The number of hydrogen-bond donors (Lipinski definition) is 2. The van der Waals surface area contributed by atoms with Crippen molar-refractivity contribution < 1.29 is 9.59 Å². The van der Waals surface area contributed by atoms with Gasteiger partial charge in [-0.25, -0.2) is 0 Å². The molecule has 1 aliphatic rings. The Labute approximate surface area is 141 Å². The molecule has 0 radical (unpaired) electrons. The van der Waals surface area contributed by atoms with Crippen LogP contribution < -0.4 is 10.6 Å². The third kappa shape index (κ3) is 3.79. The van der Waals surface area contributed by atoms with Crippen LogP contribution in [-0.4, -0.2) is 16.8 Å². The first-order valence-corrected chi connectivity index (χ1v) is 8.10. The minimum Gasteiger partial charge on any atom is -0.350 e. The van der Waals surface area contributed by atoms with Gasteiger partial charge >= 0.3 is 0 Å². The van der Waals surface area contributed by atoms with Gasteiger partial charge in [0.2, 0.25) is 11.8 Å². The minimum atomic E-state index is -0.241. The number of anilines is 1. The van der Waals surface area contributed by atoms with E-state index in [4.69, 9.17) is 0 Å². The van der Waals surface area contributed by atoms with Crippen molar-refractivity contribution in [2.45, 2.75) is 26.8 Å². The second-order valence-electron chi connectivity index (χ2n) is 6.30. The van der Waals surface area contributed by atoms with E-state index in [0.29, 0.717) is 13.0 Å². The average molecular weight is 323 g/mol. The number of hydrogen-bond acceptors (Lipinski definition) is 3. The summed E-state index contributed by atoms with van der Waals surface area (Å²) in [5, 5.41) is 5.77. The highest BCUT2D eigenvalue weighted by Gasteiger charge is 2.47. The maximum absolute atomic E-state index is 12.3. The van der Waals surface area contributed by atoms with E-state index in [1.54, 1.807) is 6.20 Å². The van der Waals surface area contributed by atoms with E-state index in [2.05, 4.69) is 15.6 Å². The van der Waals surface area contributed by atoms with Crippen molar-refractivity contribution >= 4 is 17.5 Å². The molecule has 1 aromatic carbocycles. The van der Waals surface area contributed by atoms with E-state index >= 15 is 0 Å². The van der Waals surface area contributed by atoms with Crippen molar-refractivity contribution in [1.82, 2.24) is 10.3 Å². The van der Waals surface area contributed by atoms with Crippen LogP contribution in [0.2, 0.25) is 0 Å². The van der Waals surface area contributed by atoms with E-state index in [1.807, 2.05) is 50.2 Å². The Morgan fingerprint density at radius 1 is 1.12 bits per heavy atom. The lowest BCUT2D eigenvalue weighted by Crippen LogP contribution is -2.27. The minimum absolute atomic E-state index is 0.0820. The van der Waals surface area contributed by atoms with Crippen LogP contribution in [0.15, 0.2) is 42.6 Å². The fourth-order valence-corrected chi connectivity index (χ4v) is 2.77. The van der Waals surface area contributed by atoms with Gasteiger partial charge in [0, 0.05) is 11.9 Å². The summed E-state index contributed by atoms with van der Waals surface area (Å²) in [5.74, 6) is -0.643. The number of pyridine rings is 1. The number of aromatic nitrogens is 1. The third-order valence-corrected chi connectivity index (χ3v) is 4.27. The number of rotatable bonds is 5. The van der Waals surface area contributed by atoms with E-state index in [-0.39, 0.29) is 23.7 Å². The predicted molar refractivity (Wildman–Crippen MR) is 92.2 cm³/mol. The molecule has 2 unspecified atom stereocenters. The second-order valence-corrected chi connectivity index (χ2v) is 6.30. The van der Waals surface area contributed by atoms with Gasteiger partial charge in [-0.2, -0.15) is 0 Å². The molecule has 3 rings (SSSR count). The van der Waals surface area contributed by atoms with Crippen molar-refractivity contribution in [3.8, 4) is 0 Å². The van der Waals surface area contributed by atoms with Crippen LogP contribution in [0.3, 0.4) is 0 Å². The summed E-state index contributed by atoms with van der Waals surface area (Å²) in [5.41, 5.74) is 3.80. The van der Waals surface area contributed by atoms with Gasteiger partial charge in [-0.1, -0.05) is 23.8 Å². The molecule has 1 heterocycles. The predicted octanol–water partition coefficient (Wildman–Crippen LogP) is 2.59. The lowest BCUT2D eigenvalue weighted by molar-refractivity contribution is -0.125. The molecule has 124 valence electrons. The van der Waals surface area contributed by atoms with Crippen molar-refractivity contribution in [2.75, 3.05) is 5.32 Å². The SMILES string of the molecule is Cc1ccc(NC(=O)C2CC2C(=O)NCc2ccccn2)c(C)c1. The Morgan fingerprint density at radius 3 is 2.62 bits per heavy atom. The smallest absolute Gasteiger partial charge is 0.228 e. The third-order valence-electron chi connectivity index (χ3n) is 4.27. The molecular weight excluding hydrogens is 302 g/mol. The number of nitrogens with zero attached hydrogens (tertiary/aromatic N) is 1. The van der Waals surface area contributed by atoms with E-state index in [9.17, 15) is 9.59 Å². The summed E-state index contributed by atoms with van der Waals surface area (Å²) >= 11 is 0. The molecule has 0 spiro atoms. The summed E-state index contributed by atoms with van der Waals surface area (Å²) < 4.78 is 0. The summed E-state index contributed by atoms with van der Waals surface area (Å²) in [6, 6.07) is 11.5. The summed E-state index contributed by atoms with van der Waals surface area (Å²) in [6.07, 6.45) is 2.30. The summed E-state index contributed by atoms with van der Waals surface area (Å²) in [4.78, 5) is 28.6. The molecule has 1 aliphatic carbocycles. The number of nitrogens with one attached hydrogen (secondary N) is 2. The second kappa shape index (κ2) is 6.83. The van der Waals surface area contributed by atoms with Crippen LogP contribution in [-0.2, 0) is 16.1 Å². The van der Waals surface area contributed by atoms with Crippen molar-refractivity contribution in [1.29, 1.82) is 0 Å². The Morgan fingerprint density at radius 2 is 1.92 bits per heavy atom. The number of aryl methyl sites for hydroxylation is 2. The van der Waals surface area contributed by atoms with Crippen molar-refractivity contribution in [3.63, 3.8) is 0 Å². The summed E-state index contributed by atoms with van der Waals surface area (Å²) in [7, 11) is 0. The first kappa shape index (κ1) is 16.2. The molecule has 0 bridgehead atoms. The van der Waals surface area contributed by atoms with Gasteiger partial charge in [0.05, 0.1) is 24.1 Å². The molecule has 0 saturated heterocycles. The molecule has 2 amide bonds. The van der Waals surface area contributed by atoms with Crippen molar-refractivity contribution in [2.24, 2.45) is 11.8 Å². The Hall–Kier alpha value is -2.69. The van der Waals surface area contributed by atoms with Gasteiger partial charge < -0.3 is 10.6 Å². The van der Waals surface area contributed by atoms with Crippen LogP contribution in [0.4, 0.5) is 5.69 Å². The van der Waals surface area contributed by atoms with E-state index < -0.39 is 0 Å².